The van der Waals surface area contributed by atoms with Crippen molar-refractivity contribution in [3.8, 4) is 5.75 Å². The standard InChI is InChI=1S/C23H19F2NO3/c24-19-11-17(23(27)28)12-20(25)22(19)29-18-13-26(14-18)21(15-7-3-1-4-8-15)16-9-5-2-6-10-16/h1-12,18,21H,13-14H2,(H,27,28). The van der Waals surface area contributed by atoms with Crippen molar-refractivity contribution in [3.05, 3.63) is 101 Å². The van der Waals surface area contributed by atoms with E-state index in [1.165, 1.54) is 0 Å². The second kappa shape index (κ2) is 8.01. The van der Waals surface area contributed by atoms with Crippen LogP contribution in [0.25, 0.3) is 0 Å². The zero-order valence-corrected chi connectivity index (χ0v) is 15.5. The summed E-state index contributed by atoms with van der Waals surface area (Å²) in [5.41, 5.74) is 1.80. The fourth-order valence-corrected chi connectivity index (χ4v) is 3.60. The third-order valence-corrected chi connectivity index (χ3v) is 5.00. The maximum atomic E-state index is 14.1. The van der Waals surface area contributed by atoms with Crippen LogP contribution in [0.2, 0.25) is 0 Å². The Morgan fingerprint density at radius 3 is 1.86 bits per heavy atom. The molecular formula is C23H19F2NO3. The highest BCUT2D eigenvalue weighted by molar-refractivity contribution is 5.87. The van der Waals surface area contributed by atoms with Crippen molar-refractivity contribution in [2.45, 2.75) is 12.1 Å². The normalized spacial score (nSPS) is 14.6. The van der Waals surface area contributed by atoms with Gasteiger partial charge in [-0.2, -0.15) is 0 Å². The largest absolute Gasteiger partial charge is 0.482 e. The Kier molecular flexibility index (Phi) is 5.27. The zero-order valence-electron chi connectivity index (χ0n) is 15.5. The SMILES string of the molecule is O=C(O)c1cc(F)c(OC2CN(C(c3ccccc3)c3ccccc3)C2)c(F)c1. The second-order valence-electron chi connectivity index (χ2n) is 6.99. The number of carboxylic acid groups (broad SMARTS) is 1. The summed E-state index contributed by atoms with van der Waals surface area (Å²) in [6.07, 6.45) is -0.385. The molecule has 0 radical (unpaired) electrons. The first-order valence-electron chi connectivity index (χ1n) is 9.26. The van der Waals surface area contributed by atoms with E-state index < -0.39 is 28.9 Å². The highest BCUT2D eigenvalue weighted by Crippen LogP contribution is 2.34. The van der Waals surface area contributed by atoms with E-state index in [1.807, 2.05) is 36.4 Å². The number of hydrogen-bond donors (Lipinski definition) is 1. The number of ether oxygens (including phenoxy) is 1. The molecule has 1 fully saturated rings. The molecule has 4 nitrogen and oxygen atoms in total. The summed E-state index contributed by atoms with van der Waals surface area (Å²) in [4.78, 5) is 13.1. The van der Waals surface area contributed by atoms with Crippen LogP contribution in [0.3, 0.4) is 0 Å². The summed E-state index contributed by atoms with van der Waals surface area (Å²) in [6, 6.07) is 21.6. The monoisotopic (exact) mass is 395 g/mol. The molecule has 0 aliphatic carbocycles. The van der Waals surface area contributed by atoms with Crippen molar-refractivity contribution >= 4 is 5.97 Å². The number of likely N-dealkylation sites (tertiary alicyclic amines) is 1. The van der Waals surface area contributed by atoms with E-state index in [-0.39, 0.29) is 12.1 Å². The predicted molar refractivity (Wildman–Crippen MR) is 104 cm³/mol. The molecule has 6 heteroatoms. The van der Waals surface area contributed by atoms with Crippen molar-refractivity contribution in [3.63, 3.8) is 0 Å². The van der Waals surface area contributed by atoms with Crippen LogP contribution in [-0.4, -0.2) is 35.2 Å². The molecule has 0 saturated carbocycles. The molecule has 0 spiro atoms. The number of halogens is 2. The summed E-state index contributed by atoms with van der Waals surface area (Å²) < 4.78 is 33.8. The van der Waals surface area contributed by atoms with Gasteiger partial charge in [-0.15, -0.1) is 0 Å². The van der Waals surface area contributed by atoms with Crippen LogP contribution in [0.4, 0.5) is 8.78 Å². The van der Waals surface area contributed by atoms with Gasteiger partial charge in [-0.3, -0.25) is 4.90 Å². The maximum Gasteiger partial charge on any atom is 0.335 e. The molecule has 0 atom stereocenters. The Morgan fingerprint density at radius 1 is 0.931 bits per heavy atom. The minimum Gasteiger partial charge on any atom is -0.482 e. The van der Waals surface area contributed by atoms with E-state index in [0.717, 1.165) is 23.3 Å². The Balaban J connectivity index is 1.50. The number of nitrogens with zero attached hydrogens (tertiary/aromatic N) is 1. The second-order valence-corrected chi connectivity index (χ2v) is 6.99. The number of hydrogen-bond acceptors (Lipinski definition) is 3. The molecule has 1 N–H and O–H groups in total. The first-order valence-corrected chi connectivity index (χ1v) is 9.26. The van der Waals surface area contributed by atoms with Crippen LogP contribution >= 0.6 is 0 Å². The molecule has 4 rings (SSSR count). The molecule has 1 heterocycles. The predicted octanol–water partition coefficient (Wildman–Crippen LogP) is 4.52. The highest BCUT2D eigenvalue weighted by Gasteiger charge is 2.36. The van der Waals surface area contributed by atoms with Crippen LogP contribution < -0.4 is 4.74 Å². The van der Waals surface area contributed by atoms with Crippen molar-refractivity contribution in [2.24, 2.45) is 0 Å². The number of carbonyl (C=O) groups is 1. The van der Waals surface area contributed by atoms with Gasteiger partial charge in [-0.25, -0.2) is 13.6 Å². The summed E-state index contributed by atoms with van der Waals surface area (Å²) in [5.74, 6) is -3.94. The minimum atomic E-state index is -1.39. The van der Waals surface area contributed by atoms with Gasteiger partial charge in [0.05, 0.1) is 11.6 Å². The average Bonchev–Trinajstić information content (AvgIpc) is 2.69. The van der Waals surface area contributed by atoms with E-state index >= 15 is 0 Å². The maximum absolute atomic E-state index is 14.1. The fraction of sp³-hybridized carbons (Fsp3) is 0.174. The molecule has 0 amide bonds. The summed E-state index contributed by atoms with van der Waals surface area (Å²) >= 11 is 0. The molecule has 0 unspecified atom stereocenters. The summed E-state index contributed by atoms with van der Waals surface area (Å²) in [6.45, 7) is 0.988. The lowest BCUT2D eigenvalue weighted by atomic mass is 9.94. The van der Waals surface area contributed by atoms with E-state index in [1.54, 1.807) is 0 Å². The zero-order chi connectivity index (χ0) is 20.4. The first-order chi connectivity index (χ1) is 14.0. The van der Waals surface area contributed by atoms with Gasteiger partial charge in [0.2, 0.25) is 0 Å². The van der Waals surface area contributed by atoms with E-state index in [0.29, 0.717) is 13.1 Å². The molecule has 0 aromatic heterocycles. The lowest BCUT2D eigenvalue weighted by molar-refractivity contribution is -0.00381. The molecule has 1 saturated heterocycles. The summed E-state index contributed by atoms with van der Waals surface area (Å²) in [7, 11) is 0. The molecular weight excluding hydrogens is 376 g/mol. The van der Waals surface area contributed by atoms with Crippen molar-refractivity contribution in [1.29, 1.82) is 0 Å². The van der Waals surface area contributed by atoms with Crippen LogP contribution in [0.1, 0.15) is 27.5 Å². The lowest BCUT2D eigenvalue weighted by Gasteiger charge is -2.44. The van der Waals surface area contributed by atoms with Gasteiger partial charge >= 0.3 is 5.97 Å². The molecule has 148 valence electrons. The molecule has 3 aromatic carbocycles. The number of aromatic carboxylic acids is 1. The minimum absolute atomic E-state index is 0.0151. The van der Waals surface area contributed by atoms with E-state index in [2.05, 4.69) is 29.2 Å². The van der Waals surface area contributed by atoms with Gasteiger partial charge in [0.25, 0.3) is 0 Å². The van der Waals surface area contributed by atoms with Crippen molar-refractivity contribution in [2.75, 3.05) is 13.1 Å². The third-order valence-electron chi connectivity index (χ3n) is 5.00. The van der Waals surface area contributed by atoms with Crippen LogP contribution in [0.5, 0.6) is 5.75 Å². The lowest BCUT2D eigenvalue weighted by Crippen LogP contribution is -2.55. The third kappa shape index (κ3) is 3.98. The quantitative estimate of drug-likeness (QED) is 0.667. The summed E-state index contributed by atoms with van der Waals surface area (Å²) in [5, 5.41) is 8.90. The van der Waals surface area contributed by atoms with Gasteiger partial charge in [-0.1, -0.05) is 60.7 Å². The Labute approximate surface area is 167 Å². The number of benzene rings is 3. The fourth-order valence-electron chi connectivity index (χ4n) is 3.60. The van der Waals surface area contributed by atoms with Crippen molar-refractivity contribution < 1.29 is 23.4 Å². The van der Waals surface area contributed by atoms with Gasteiger partial charge in [0.15, 0.2) is 17.4 Å². The number of carboxylic acids is 1. The first kappa shape index (κ1) is 19.1. The van der Waals surface area contributed by atoms with Crippen molar-refractivity contribution in [1.82, 2.24) is 4.90 Å². The van der Waals surface area contributed by atoms with E-state index in [9.17, 15) is 13.6 Å². The number of rotatable bonds is 6. The molecule has 1 aliphatic rings. The van der Waals surface area contributed by atoms with Crippen LogP contribution in [0, 0.1) is 11.6 Å². The Morgan fingerprint density at radius 2 is 1.41 bits per heavy atom. The Bertz CT molecular complexity index is 943. The smallest absolute Gasteiger partial charge is 0.335 e. The van der Waals surface area contributed by atoms with Crippen LogP contribution in [0.15, 0.2) is 72.8 Å². The van der Waals surface area contributed by atoms with E-state index in [4.69, 9.17) is 9.84 Å². The van der Waals surface area contributed by atoms with Crippen LogP contribution in [-0.2, 0) is 0 Å². The Hall–Kier alpha value is -3.25. The van der Waals surface area contributed by atoms with Gasteiger partial charge in [0.1, 0.15) is 6.10 Å². The highest BCUT2D eigenvalue weighted by atomic mass is 19.1. The van der Waals surface area contributed by atoms with Gasteiger partial charge in [0, 0.05) is 13.1 Å². The molecule has 3 aromatic rings. The molecule has 1 aliphatic heterocycles. The molecule has 29 heavy (non-hydrogen) atoms. The molecule has 0 bridgehead atoms. The van der Waals surface area contributed by atoms with Gasteiger partial charge < -0.3 is 9.84 Å². The van der Waals surface area contributed by atoms with Gasteiger partial charge in [-0.05, 0) is 23.3 Å². The average molecular weight is 395 g/mol. The topological polar surface area (TPSA) is 49.8 Å².